The Kier molecular flexibility index (Phi) is 3.43. The highest BCUT2D eigenvalue weighted by Gasteiger charge is 2.49. The van der Waals surface area contributed by atoms with Crippen molar-refractivity contribution in [2.24, 2.45) is 5.92 Å². The third-order valence-corrected chi connectivity index (χ3v) is 4.31. The topological polar surface area (TPSA) is 49.4 Å². The highest BCUT2D eigenvalue weighted by molar-refractivity contribution is 7.10. The van der Waals surface area contributed by atoms with Gasteiger partial charge in [0, 0.05) is 11.4 Å². The average molecular weight is 266 g/mol. The van der Waals surface area contributed by atoms with E-state index >= 15 is 0 Å². The number of amides is 3. The molecule has 1 fully saturated rings. The Labute approximate surface area is 111 Å². The lowest BCUT2D eigenvalue weighted by Crippen LogP contribution is -2.40. The molecule has 1 atom stereocenters. The van der Waals surface area contributed by atoms with E-state index in [1.165, 1.54) is 16.2 Å². The molecule has 0 spiro atoms. The van der Waals surface area contributed by atoms with Crippen LogP contribution in [0.15, 0.2) is 17.5 Å². The zero-order chi connectivity index (χ0) is 13.3. The normalized spacial score (nSPS) is 23.9. The van der Waals surface area contributed by atoms with Gasteiger partial charge in [0.2, 0.25) is 0 Å². The zero-order valence-corrected chi connectivity index (χ0v) is 11.7. The van der Waals surface area contributed by atoms with Gasteiger partial charge in [-0.05, 0) is 30.7 Å². The van der Waals surface area contributed by atoms with Gasteiger partial charge in [-0.3, -0.25) is 9.69 Å². The van der Waals surface area contributed by atoms with Gasteiger partial charge in [0.15, 0.2) is 5.54 Å². The lowest BCUT2D eigenvalue weighted by atomic mass is 10.0. The van der Waals surface area contributed by atoms with Crippen molar-refractivity contribution in [1.82, 2.24) is 10.2 Å². The summed E-state index contributed by atoms with van der Waals surface area (Å²) < 4.78 is 0. The summed E-state index contributed by atoms with van der Waals surface area (Å²) in [4.78, 5) is 26.5. The van der Waals surface area contributed by atoms with Gasteiger partial charge in [-0.2, -0.15) is 0 Å². The maximum atomic E-state index is 12.4. The first-order chi connectivity index (χ1) is 8.45. The van der Waals surface area contributed by atoms with Crippen molar-refractivity contribution < 1.29 is 9.59 Å². The van der Waals surface area contributed by atoms with E-state index in [0.717, 1.165) is 11.3 Å². The van der Waals surface area contributed by atoms with E-state index in [2.05, 4.69) is 19.2 Å². The van der Waals surface area contributed by atoms with Gasteiger partial charge in [-0.15, -0.1) is 11.3 Å². The fourth-order valence-corrected chi connectivity index (χ4v) is 2.85. The van der Waals surface area contributed by atoms with Gasteiger partial charge < -0.3 is 5.32 Å². The molecule has 98 valence electrons. The Morgan fingerprint density at radius 2 is 2.17 bits per heavy atom. The molecule has 0 radical (unpaired) electrons. The van der Waals surface area contributed by atoms with Crippen LogP contribution in [-0.2, 0) is 10.3 Å². The van der Waals surface area contributed by atoms with Crippen molar-refractivity contribution >= 4 is 23.3 Å². The first-order valence-electron chi connectivity index (χ1n) is 6.13. The van der Waals surface area contributed by atoms with Crippen LogP contribution >= 0.6 is 11.3 Å². The molecule has 3 amide bonds. The Hall–Kier alpha value is -1.36. The number of nitrogens with one attached hydrogen (secondary N) is 1. The quantitative estimate of drug-likeness (QED) is 0.851. The van der Waals surface area contributed by atoms with Crippen molar-refractivity contribution in [3.8, 4) is 0 Å². The van der Waals surface area contributed by atoms with Gasteiger partial charge in [-0.1, -0.05) is 19.9 Å². The minimum absolute atomic E-state index is 0.143. The van der Waals surface area contributed by atoms with Gasteiger partial charge >= 0.3 is 6.03 Å². The molecule has 0 aromatic carbocycles. The second kappa shape index (κ2) is 4.72. The number of hydrogen-bond donors (Lipinski definition) is 1. The predicted octanol–water partition coefficient (Wildman–Crippen LogP) is 2.56. The average Bonchev–Trinajstić information content (AvgIpc) is 2.87. The zero-order valence-electron chi connectivity index (χ0n) is 10.9. The van der Waals surface area contributed by atoms with Gasteiger partial charge in [0.05, 0.1) is 0 Å². The van der Waals surface area contributed by atoms with Gasteiger partial charge in [-0.25, -0.2) is 4.79 Å². The molecule has 5 heteroatoms. The molecule has 1 saturated heterocycles. The molecule has 0 aliphatic carbocycles. The minimum atomic E-state index is -0.887. The summed E-state index contributed by atoms with van der Waals surface area (Å²) >= 11 is 1.49. The van der Waals surface area contributed by atoms with Crippen LogP contribution in [0.4, 0.5) is 4.79 Å². The van der Waals surface area contributed by atoms with Crippen LogP contribution < -0.4 is 5.32 Å². The van der Waals surface area contributed by atoms with Crippen LogP contribution in [0.2, 0.25) is 0 Å². The molecule has 1 aliphatic rings. The Balaban J connectivity index is 2.18. The first-order valence-corrected chi connectivity index (χ1v) is 7.01. The summed E-state index contributed by atoms with van der Waals surface area (Å²) in [7, 11) is 0. The molecule has 18 heavy (non-hydrogen) atoms. The van der Waals surface area contributed by atoms with Crippen LogP contribution in [0.5, 0.6) is 0 Å². The van der Waals surface area contributed by atoms with Crippen LogP contribution in [0, 0.1) is 5.92 Å². The van der Waals surface area contributed by atoms with E-state index in [9.17, 15) is 9.59 Å². The largest absolute Gasteiger partial charge is 0.325 e. The summed E-state index contributed by atoms with van der Waals surface area (Å²) in [5, 5.41) is 4.72. The second-order valence-corrected chi connectivity index (χ2v) is 6.12. The van der Waals surface area contributed by atoms with Crippen LogP contribution in [0.25, 0.3) is 0 Å². The molecular weight excluding hydrogens is 248 g/mol. The van der Waals surface area contributed by atoms with Crippen LogP contribution in [0.3, 0.4) is 0 Å². The number of rotatable bonds is 4. The summed E-state index contributed by atoms with van der Waals surface area (Å²) in [5.74, 6) is 0.329. The number of hydrogen-bond acceptors (Lipinski definition) is 3. The van der Waals surface area contributed by atoms with Crippen LogP contribution in [-0.4, -0.2) is 23.4 Å². The van der Waals surface area contributed by atoms with Crippen molar-refractivity contribution in [3.63, 3.8) is 0 Å². The number of thiophene rings is 1. The third kappa shape index (κ3) is 2.14. The Morgan fingerprint density at radius 1 is 1.44 bits per heavy atom. The molecule has 0 saturated carbocycles. The minimum Gasteiger partial charge on any atom is -0.319 e. The Morgan fingerprint density at radius 3 is 2.72 bits per heavy atom. The SMILES string of the molecule is CC(C)CCN1C(=O)N[C@@](C)(c2cccs2)C1=O. The molecule has 1 aliphatic heterocycles. The van der Waals surface area contributed by atoms with E-state index in [-0.39, 0.29) is 11.9 Å². The molecule has 4 nitrogen and oxygen atoms in total. The fraction of sp³-hybridized carbons (Fsp3) is 0.538. The van der Waals surface area contributed by atoms with E-state index in [4.69, 9.17) is 0 Å². The van der Waals surface area contributed by atoms with Crippen LogP contribution in [0.1, 0.15) is 32.1 Å². The molecular formula is C13H18N2O2S. The molecule has 1 aromatic heterocycles. The highest BCUT2D eigenvalue weighted by atomic mass is 32.1. The maximum absolute atomic E-state index is 12.4. The standard InChI is InChI=1S/C13H18N2O2S/c1-9(2)6-7-15-11(16)13(3,14-12(15)17)10-5-4-8-18-10/h4-5,8-9H,6-7H2,1-3H3,(H,14,17)/t13-/m0/s1. The van der Waals surface area contributed by atoms with E-state index in [1.807, 2.05) is 17.5 Å². The molecule has 1 aromatic rings. The number of imide groups is 1. The lowest BCUT2D eigenvalue weighted by Gasteiger charge is -2.20. The highest BCUT2D eigenvalue weighted by Crippen LogP contribution is 2.31. The monoisotopic (exact) mass is 266 g/mol. The number of nitrogens with zero attached hydrogens (tertiary/aromatic N) is 1. The number of urea groups is 1. The first kappa shape index (κ1) is 13.1. The van der Waals surface area contributed by atoms with Gasteiger partial charge in [0.25, 0.3) is 5.91 Å². The summed E-state index contributed by atoms with van der Waals surface area (Å²) in [6, 6.07) is 3.49. The second-order valence-electron chi connectivity index (χ2n) is 5.17. The number of carbonyl (C=O) groups is 2. The summed E-state index contributed by atoms with van der Waals surface area (Å²) in [6.07, 6.45) is 0.833. The molecule has 2 rings (SSSR count). The molecule has 0 unspecified atom stereocenters. The van der Waals surface area contributed by atoms with Crippen molar-refractivity contribution in [2.45, 2.75) is 32.7 Å². The van der Waals surface area contributed by atoms with Crippen molar-refractivity contribution in [1.29, 1.82) is 0 Å². The third-order valence-electron chi connectivity index (χ3n) is 3.22. The smallest absolute Gasteiger partial charge is 0.319 e. The summed E-state index contributed by atoms with van der Waals surface area (Å²) in [5.41, 5.74) is -0.887. The predicted molar refractivity (Wildman–Crippen MR) is 71.4 cm³/mol. The molecule has 1 N–H and O–H groups in total. The fourth-order valence-electron chi connectivity index (χ4n) is 2.02. The molecule has 0 bridgehead atoms. The van der Waals surface area contributed by atoms with Gasteiger partial charge in [0.1, 0.15) is 0 Å². The van der Waals surface area contributed by atoms with E-state index in [1.54, 1.807) is 6.92 Å². The van der Waals surface area contributed by atoms with Crippen molar-refractivity contribution in [2.75, 3.05) is 6.54 Å². The molecule has 2 heterocycles. The van der Waals surface area contributed by atoms with E-state index < -0.39 is 5.54 Å². The van der Waals surface area contributed by atoms with E-state index in [0.29, 0.717) is 12.5 Å². The Bertz CT molecular complexity index is 456. The lowest BCUT2D eigenvalue weighted by molar-refractivity contribution is -0.131. The summed E-state index contributed by atoms with van der Waals surface area (Å²) in [6.45, 7) is 6.42. The number of carbonyl (C=O) groups excluding carboxylic acids is 2. The van der Waals surface area contributed by atoms with Crippen molar-refractivity contribution in [3.05, 3.63) is 22.4 Å². The maximum Gasteiger partial charge on any atom is 0.325 e.